The van der Waals surface area contributed by atoms with Gasteiger partial charge in [-0.15, -0.1) is 22.7 Å². The number of guanidine groups is 1. The second-order valence-electron chi connectivity index (χ2n) is 5.98. The highest BCUT2D eigenvalue weighted by Gasteiger charge is 2.07. The molecule has 0 saturated carbocycles. The van der Waals surface area contributed by atoms with E-state index in [0.717, 1.165) is 37.4 Å². The van der Waals surface area contributed by atoms with E-state index in [9.17, 15) is 0 Å². The van der Waals surface area contributed by atoms with E-state index in [0.29, 0.717) is 5.92 Å². The first-order chi connectivity index (χ1) is 12.3. The molecule has 0 bridgehead atoms. The molecule has 3 aromatic rings. The Morgan fingerprint density at radius 2 is 2.08 bits per heavy atom. The zero-order chi connectivity index (χ0) is 17.5. The standard InChI is InChI=1S/C19H24N4S2/c1-14(16-9-6-12-24-16)13-22-19(20-2)21-11-5-10-18-23-15-7-3-4-8-17(15)25-18/h3-4,6-9,12,14H,5,10-11,13H2,1-2H3,(H2,20,21,22). The number of nitrogens with zero attached hydrogens (tertiary/aromatic N) is 2. The van der Waals surface area contributed by atoms with E-state index < -0.39 is 0 Å². The Hall–Kier alpha value is -1.92. The van der Waals surface area contributed by atoms with Gasteiger partial charge in [0.15, 0.2) is 5.96 Å². The maximum atomic E-state index is 4.68. The molecule has 25 heavy (non-hydrogen) atoms. The zero-order valence-electron chi connectivity index (χ0n) is 14.7. The summed E-state index contributed by atoms with van der Waals surface area (Å²) < 4.78 is 1.27. The summed E-state index contributed by atoms with van der Waals surface area (Å²) in [6.45, 7) is 4.01. The molecule has 2 aromatic heterocycles. The van der Waals surface area contributed by atoms with E-state index in [-0.39, 0.29) is 0 Å². The Bertz CT molecular complexity index is 775. The average Bonchev–Trinajstić information content (AvgIpc) is 3.30. The number of hydrogen-bond acceptors (Lipinski definition) is 4. The van der Waals surface area contributed by atoms with Crippen LogP contribution in [0, 0.1) is 0 Å². The summed E-state index contributed by atoms with van der Waals surface area (Å²) in [7, 11) is 1.82. The molecular weight excluding hydrogens is 348 g/mol. The first-order valence-corrected chi connectivity index (χ1v) is 10.3. The summed E-state index contributed by atoms with van der Waals surface area (Å²) in [6, 6.07) is 12.6. The molecule has 0 fully saturated rings. The van der Waals surface area contributed by atoms with Gasteiger partial charge >= 0.3 is 0 Å². The molecule has 6 heteroatoms. The van der Waals surface area contributed by atoms with E-state index in [1.165, 1.54) is 14.6 Å². The van der Waals surface area contributed by atoms with Gasteiger partial charge in [-0.25, -0.2) is 4.98 Å². The van der Waals surface area contributed by atoms with Crippen molar-refractivity contribution >= 4 is 38.8 Å². The number of para-hydroxylation sites is 1. The van der Waals surface area contributed by atoms with Crippen LogP contribution in [0.4, 0.5) is 0 Å². The Balaban J connectivity index is 1.39. The molecule has 0 spiro atoms. The monoisotopic (exact) mass is 372 g/mol. The van der Waals surface area contributed by atoms with E-state index in [1.807, 2.05) is 13.1 Å². The molecule has 0 aliphatic heterocycles. The second-order valence-corrected chi connectivity index (χ2v) is 8.07. The molecule has 0 saturated heterocycles. The topological polar surface area (TPSA) is 49.3 Å². The van der Waals surface area contributed by atoms with Gasteiger partial charge in [0.25, 0.3) is 0 Å². The number of rotatable bonds is 7. The van der Waals surface area contributed by atoms with Crippen LogP contribution in [0.1, 0.15) is 29.1 Å². The van der Waals surface area contributed by atoms with E-state index >= 15 is 0 Å². The van der Waals surface area contributed by atoms with Crippen molar-refractivity contribution in [3.63, 3.8) is 0 Å². The lowest BCUT2D eigenvalue weighted by molar-refractivity contribution is 0.695. The predicted octanol–water partition coefficient (Wildman–Crippen LogP) is 4.26. The smallest absolute Gasteiger partial charge is 0.190 e. The third kappa shape index (κ3) is 5.03. The summed E-state index contributed by atoms with van der Waals surface area (Å²) in [5.41, 5.74) is 1.11. The lowest BCUT2D eigenvalue weighted by Crippen LogP contribution is -2.39. The normalized spacial score (nSPS) is 13.1. The highest BCUT2D eigenvalue weighted by Crippen LogP contribution is 2.22. The molecule has 3 rings (SSSR count). The Kier molecular flexibility index (Phi) is 6.42. The van der Waals surface area contributed by atoms with Crippen molar-refractivity contribution in [3.05, 3.63) is 51.7 Å². The summed E-state index contributed by atoms with van der Waals surface area (Å²) in [5.74, 6) is 1.36. The van der Waals surface area contributed by atoms with Crippen LogP contribution in [0.5, 0.6) is 0 Å². The van der Waals surface area contributed by atoms with Gasteiger partial charge in [-0.1, -0.05) is 25.1 Å². The first kappa shape index (κ1) is 17.9. The lowest BCUT2D eigenvalue weighted by atomic mass is 10.1. The van der Waals surface area contributed by atoms with Crippen LogP contribution in [-0.4, -0.2) is 31.1 Å². The van der Waals surface area contributed by atoms with Gasteiger partial charge in [0, 0.05) is 37.4 Å². The third-order valence-corrected chi connectivity index (χ3v) is 6.23. The van der Waals surface area contributed by atoms with Gasteiger partial charge in [0.2, 0.25) is 0 Å². The minimum Gasteiger partial charge on any atom is -0.356 e. The Labute approximate surface area is 157 Å². The number of thiazole rings is 1. The molecule has 1 atom stereocenters. The highest BCUT2D eigenvalue weighted by atomic mass is 32.1. The van der Waals surface area contributed by atoms with Crippen molar-refractivity contribution in [1.82, 2.24) is 15.6 Å². The van der Waals surface area contributed by atoms with Crippen LogP contribution in [0.25, 0.3) is 10.2 Å². The number of nitrogens with one attached hydrogen (secondary N) is 2. The Morgan fingerprint density at radius 1 is 1.20 bits per heavy atom. The maximum Gasteiger partial charge on any atom is 0.190 e. The van der Waals surface area contributed by atoms with Gasteiger partial charge in [0.05, 0.1) is 15.2 Å². The third-order valence-electron chi connectivity index (χ3n) is 4.03. The number of benzene rings is 1. The van der Waals surface area contributed by atoms with Crippen molar-refractivity contribution in [3.8, 4) is 0 Å². The molecule has 4 nitrogen and oxygen atoms in total. The van der Waals surface area contributed by atoms with Crippen LogP contribution in [0.3, 0.4) is 0 Å². The summed E-state index contributed by atoms with van der Waals surface area (Å²) in [4.78, 5) is 10.4. The molecule has 0 aliphatic rings. The Morgan fingerprint density at radius 3 is 2.84 bits per heavy atom. The maximum absolute atomic E-state index is 4.68. The van der Waals surface area contributed by atoms with Crippen molar-refractivity contribution in [1.29, 1.82) is 0 Å². The highest BCUT2D eigenvalue weighted by molar-refractivity contribution is 7.18. The fourth-order valence-corrected chi connectivity index (χ4v) is 4.41. The fraction of sp³-hybridized carbons (Fsp3) is 0.368. The molecular formula is C19H24N4S2. The van der Waals surface area contributed by atoms with Crippen LogP contribution in [0.2, 0.25) is 0 Å². The largest absolute Gasteiger partial charge is 0.356 e. The lowest BCUT2D eigenvalue weighted by Gasteiger charge is -2.15. The summed E-state index contributed by atoms with van der Waals surface area (Å²) in [5, 5.41) is 10.1. The van der Waals surface area contributed by atoms with Gasteiger partial charge in [-0.05, 0) is 30.0 Å². The summed E-state index contributed by atoms with van der Waals surface area (Å²) in [6.07, 6.45) is 2.04. The van der Waals surface area contributed by atoms with Gasteiger partial charge < -0.3 is 10.6 Å². The zero-order valence-corrected chi connectivity index (χ0v) is 16.3. The number of fused-ring (bicyclic) bond motifs is 1. The minimum absolute atomic E-state index is 0.487. The second kappa shape index (κ2) is 8.97. The SMILES string of the molecule is CN=C(NCCCc1nc2ccccc2s1)NCC(C)c1cccs1. The minimum atomic E-state index is 0.487. The molecule has 0 aliphatic carbocycles. The molecule has 1 aromatic carbocycles. The molecule has 0 radical (unpaired) electrons. The first-order valence-electron chi connectivity index (χ1n) is 8.58. The van der Waals surface area contributed by atoms with E-state index in [4.69, 9.17) is 0 Å². The van der Waals surface area contributed by atoms with Crippen molar-refractivity contribution < 1.29 is 0 Å². The summed E-state index contributed by atoms with van der Waals surface area (Å²) >= 11 is 3.60. The van der Waals surface area contributed by atoms with Gasteiger partial charge in [-0.3, -0.25) is 4.99 Å². The van der Waals surface area contributed by atoms with Gasteiger partial charge in [0.1, 0.15) is 0 Å². The molecule has 2 N–H and O–H groups in total. The fourth-order valence-electron chi connectivity index (χ4n) is 2.62. The van der Waals surface area contributed by atoms with Gasteiger partial charge in [-0.2, -0.15) is 0 Å². The molecule has 2 heterocycles. The molecule has 1 unspecified atom stereocenters. The number of aryl methyl sites for hydroxylation is 1. The van der Waals surface area contributed by atoms with E-state index in [2.05, 4.69) is 63.2 Å². The molecule has 132 valence electrons. The van der Waals surface area contributed by atoms with Crippen LogP contribution in [-0.2, 0) is 6.42 Å². The van der Waals surface area contributed by atoms with E-state index in [1.54, 1.807) is 22.7 Å². The number of hydrogen-bond donors (Lipinski definition) is 2. The average molecular weight is 373 g/mol. The van der Waals surface area contributed by atoms with Crippen molar-refractivity contribution in [2.45, 2.75) is 25.7 Å². The quantitative estimate of drug-likeness (QED) is 0.370. The number of thiophene rings is 1. The van der Waals surface area contributed by atoms with Crippen LogP contribution < -0.4 is 10.6 Å². The van der Waals surface area contributed by atoms with Crippen molar-refractivity contribution in [2.24, 2.45) is 4.99 Å². The number of aliphatic imine (C=N–C) groups is 1. The number of aromatic nitrogens is 1. The van der Waals surface area contributed by atoms with Crippen molar-refractivity contribution in [2.75, 3.05) is 20.1 Å². The van der Waals surface area contributed by atoms with Crippen LogP contribution >= 0.6 is 22.7 Å². The predicted molar refractivity (Wildman–Crippen MR) is 110 cm³/mol. The molecule has 0 amide bonds. The van der Waals surface area contributed by atoms with Crippen LogP contribution in [0.15, 0.2) is 46.8 Å².